The number of carbonyl (C=O) groups excluding carboxylic acids is 1. The van der Waals surface area contributed by atoms with E-state index in [1.165, 1.54) is 16.7 Å². The van der Waals surface area contributed by atoms with Crippen LogP contribution in [0, 0.1) is 0 Å². The molecule has 0 spiro atoms. The van der Waals surface area contributed by atoms with E-state index >= 15 is 0 Å². The van der Waals surface area contributed by atoms with Crippen molar-refractivity contribution in [3.63, 3.8) is 0 Å². The Labute approximate surface area is 231 Å². The van der Waals surface area contributed by atoms with E-state index in [1.54, 1.807) is 24.3 Å². The van der Waals surface area contributed by atoms with Crippen molar-refractivity contribution in [2.45, 2.75) is 13.5 Å². The number of ether oxygens (including phenoxy) is 4. The summed E-state index contributed by atoms with van der Waals surface area (Å²) in [5.74, 6) is 2.13. The lowest BCUT2D eigenvalue weighted by Crippen LogP contribution is -2.27. The summed E-state index contributed by atoms with van der Waals surface area (Å²) < 4.78 is 23.9. The summed E-state index contributed by atoms with van der Waals surface area (Å²) in [6.45, 7) is 2.79. The number of benzene rings is 3. The predicted molar refractivity (Wildman–Crippen MR) is 149 cm³/mol. The maximum absolute atomic E-state index is 13.3. The maximum Gasteiger partial charge on any atom is 0.270 e. The Hall–Kier alpha value is -2.72. The molecule has 0 unspecified atom stereocenters. The van der Waals surface area contributed by atoms with Gasteiger partial charge in [0.05, 0.1) is 21.7 Å². The third-order valence-corrected chi connectivity index (χ3v) is 7.63. The summed E-state index contributed by atoms with van der Waals surface area (Å²) in [6, 6.07) is 16.5. The number of amides is 1. The average Bonchev–Trinajstić information content (AvgIpc) is 3.43. The van der Waals surface area contributed by atoms with Gasteiger partial charge < -0.3 is 18.9 Å². The summed E-state index contributed by atoms with van der Waals surface area (Å²) >= 11 is 16.6. The molecule has 0 N–H and O–H groups in total. The molecule has 0 aliphatic carbocycles. The van der Waals surface area contributed by atoms with Crippen molar-refractivity contribution >= 4 is 73.5 Å². The van der Waals surface area contributed by atoms with E-state index < -0.39 is 0 Å². The number of anilines is 1. The lowest BCUT2D eigenvalue weighted by molar-refractivity contribution is -0.113. The lowest BCUT2D eigenvalue weighted by Gasteiger charge is -2.16. The van der Waals surface area contributed by atoms with Crippen LogP contribution in [-0.4, -0.2) is 23.6 Å². The zero-order valence-corrected chi connectivity index (χ0v) is 22.9. The summed E-state index contributed by atoms with van der Waals surface area (Å²) in [4.78, 5) is 15.3. The average molecular weight is 605 g/mol. The molecule has 1 amide bonds. The van der Waals surface area contributed by atoms with Gasteiger partial charge in [0, 0.05) is 16.7 Å². The maximum atomic E-state index is 13.3. The molecule has 36 heavy (non-hydrogen) atoms. The minimum absolute atomic E-state index is 0.159. The van der Waals surface area contributed by atoms with E-state index in [9.17, 15) is 4.79 Å². The SMILES string of the molecule is CCOc1cc(/C=C2/SC(=S)N(c3ccc4c(c3)OCO4)C2=O)cc(Br)c1OCc1ccccc1Cl. The van der Waals surface area contributed by atoms with Crippen LogP contribution in [0.5, 0.6) is 23.0 Å². The third-order valence-electron chi connectivity index (χ3n) is 5.37. The van der Waals surface area contributed by atoms with E-state index in [0.717, 1.165) is 11.1 Å². The molecule has 0 radical (unpaired) electrons. The topological polar surface area (TPSA) is 57.2 Å². The minimum atomic E-state index is -0.211. The summed E-state index contributed by atoms with van der Waals surface area (Å²) in [5, 5.41) is 0.632. The van der Waals surface area contributed by atoms with Crippen molar-refractivity contribution in [3.05, 3.63) is 80.1 Å². The third kappa shape index (κ3) is 5.06. The molecule has 2 aliphatic heterocycles. The van der Waals surface area contributed by atoms with Gasteiger partial charge in [0.2, 0.25) is 6.79 Å². The highest BCUT2D eigenvalue weighted by atomic mass is 79.9. The molecule has 184 valence electrons. The highest BCUT2D eigenvalue weighted by Gasteiger charge is 2.34. The summed E-state index contributed by atoms with van der Waals surface area (Å²) in [7, 11) is 0. The van der Waals surface area contributed by atoms with E-state index in [-0.39, 0.29) is 19.3 Å². The van der Waals surface area contributed by atoms with Crippen molar-refractivity contribution in [2.75, 3.05) is 18.3 Å². The fourth-order valence-electron chi connectivity index (χ4n) is 3.71. The molecule has 2 aliphatic rings. The second kappa shape index (κ2) is 10.7. The molecule has 3 aromatic carbocycles. The number of halogens is 2. The first-order chi connectivity index (χ1) is 17.4. The molecule has 1 saturated heterocycles. The Morgan fingerprint density at radius 2 is 1.94 bits per heavy atom. The van der Waals surface area contributed by atoms with Gasteiger partial charge in [0.1, 0.15) is 6.61 Å². The molecular weight excluding hydrogens is 586 g/mol. The first kappa shape index (κ1) is 25.0. The van der Waals surface area contributed by atoms with E-state index in [0.29, 0.717) is 54.0 Å². The molecule has 0 bridgehead atoms. The Morgan fingerprint density at radius 3 is 2.75 bits per heavy atom. The van der Waals surface area contributed by atoms with Crippen molar-refractivity contribution in [3.8, 4) is 23.0 Å². The van der Waals surface area contributed by atoms with Crippen LogP contribution in [0.25, 0.3) is 6.08 Å². The Morgan fingerprint density at radius 1 is 1.14 bits per heavy atom. The molecule has 3 aromatic rings. The first-order valence-electron chi connectivity index (χ1n) is 10.9. The summed E-state index contributed by atoms with van der Waals surface area (Å²) in [5.41, 5.74) is 2.26. The number of rotatable bonds is 7. The standard InChI is InChI=1S/C26H19BrClNO5S2/c1-2-31-22-10-15(9-18(27)24(22)32-13-16-5-3-4-6-19(16)28)11-23-25(30)29(26(35)36-23)17-7-8-20-21(12-17)34-14-33-20/h3-12H,2,13-14H2,1H3/b23-11+. The zero-order chi connectivity index (χ0) is 25.2. The molecule has 0 saturated carbocycles. The van der Waals surface area contributed by atoms with Crippen LogP contribution < -0.4 is 23.8 Å². The van der Waals surface area contributed by atoms with Crippen LogP contribution in [0.15, 0.2) is 64.0 Å². The van der Waals surface area contributed by atoms with Crippen LogP contribution in [0.4, 0.5) is 5.69 Å². The van der Waals surface area contributed by atoms with Crippen LogP contribution in [-0.2, 0) is 11.4 Å². The summed E-state index contributed by atoms with van der Waals surface area (Å²) in [6.07, 6.45) is 1.79. The Bertz CT molecular complexity index is 1400. The van der Waals surface area contributed by atoms with Crippen LogP contribution in [0.3, 0.4) is 0 Å². The fourth-order valence-corrected chi connectivity index (χ4v) is 5.77. The normalized spacial score (nSPS) is 15.6. The van der Waals surface area contributed by atoms with Gasteiger partial charge in [0.15, 0.2) is 27.3 Å². The number of thiocarbonyl (C=S) groups is 1. The van der Waals surface area contributed by atoms with Crippen molar-refractivity contribution in [2.24, 2.45) is 0 Å². The smallest absolute Gasteiger partial charge is 0.270 e. The van der Waals surface area contributed by atoms with E-state index in [2.05, 4.69) is 15.9 Å². The van der Waals surface area contributed by atoms with Gasteiger partial charge in [-0.1, -0.05) is 53.8 Å². The Balaban J connectivity index is 1.40. The van der Waals surface area contributed by atoms with Crippen LogP contribution >= 0.6 is 51.5 Å². The van der Waals surface area contributed by atoms with Gasteiger partial charge in [-0.25, -0.2) is 0 Å². The monoisotopic (exact) mass is 603 g/mol. The van der Waals surface area contributed by atoms with Gasteiger partial charge in [-0.2, -0.15) is 0 Å². The minimum Gasteiger partial charge on any atom is -0.490 e. The van der Waals surface area contributed by atoms with Gasteiger partial charge >= 0.3 is 0 Å². The van der Waals surface area contributed by atoms with Crippen LogP contribution in [0.2, 0.25) is 5.02 Å². The van der Waals surface area contributed by atoms with Gasteiger partial charge in [-0.3, -0.25) is 9.69 Å². The van der Waals surface area contributed by atoms with Gasteiger partial charge in [0.25, 0.3) is 5.91 Å². The molecule has 2 heterocycles. The van der Waals surface area contributed by atoms with Crippen molar-refractivity contribution in [1.29, 1.82) is 0 Å². The largest absolute Gasteiger partial charge is 0.490 e. The number of hydrogen-bond donors (Lipinski definition) is 0. The molecule has 1 fully saturated rings. The fraction of sp³-hybridized carbons (Fsp3) is 0.154. The number of nitrogens with zero attached hydrogens (tertiary/aromatic N) is 1. The van der Waals surface area contributed by atoms with Gasteiger partial charge in [-0.05, 0) is 64.8 Å². The Kier molecular flexibility index (Phi) is 7.43. The van der Waals surface area contributed by atoms with Crippen LogP contribution in [0.1, 0.15) is 18.1 Å². The number of carbonyl (C=O) groups is 1. The molecular formula is C26H19BrClNO5S2. The van der Waals surface area contributed by atoms with Gasteiger partial charge in [-0.15, -0.1) is 0 Å². The highest BCUT2D eigenvalue weighted by molar-refractivity contribution is 9.10. The second-order valence-electron chi connectivity index (χ2n) is 7.70. The number of thioether (sulfide) groups is 1. The second-order valence-corrected chi connectivity index (χ2v) is 10.6. The predicted octanol–water partition coefficient (Wildman–Crippen LogP) is 7.21. The van der Waals surface area contributed by atoms with Crippen molar-refractivity contribution < 1.29 is 23.7 Å². The molecule has 6 nitrogen and oxygen atoms in total. The van der Waals surface area contributed by atoms with Crippen molar-refractivity contribution in [1.82, 2.24) is 0 Å². The first-order valence-corrected chi connectivity index (χ1v) is 13.3. The molecule has 5 rings (SSSR count). The molecule has 0 aromatic heterocycles. The molecule has 10 heteroatoms. The van der Waals surface area contributed by atoms with E-state index in [4.69, 9.17) is 42.8 Å². The van der Waals surface area contributed by atoms with E-state index in [1.807, 2.05) is 43.3 Å². The zero-order valence-electron chi connectivity index (χ0n) is 19.0. The highest BCUT2D eigenvalue weighted by Crippen LogP contribution is 2.42. The quantitative estimate of drug-likeness (QED) is 0.209. The molecule has 0 atom stereocenters. The lowest BCUT2D eigenvalue weighted by atomic mass is 10.1. The number of fused-ring (bicyclic) bond motifs is 1. The number of hydrogen-bond acceptors (Lipinski definition) is 7.